The quantitative estimate of drug-likeness (QED) is 0.301. The lowest BCUT2D eigenvalue weighted by molar-refractivity contribution is 0.256. The van der Waals surface area contributed by atoms with E-state index in [1.807, 2.05) is 18.2 Å². The second kappa shape index (κ2) is 7.66. The van der Waals surface area contributed by atoms with Gasteiger partial charge in [-0.25, -0.2) is 18.4 Å². The molecule has 2 heterocycles. The summed E-state index contributed by atoms with van der Waals surface area (Å²) in [6.45, 7) is 3.89. The Balaban J connectivity index is 1.70. The molecule has 8 heteroatoms. The van der Waals surface area contributed by atoms with Crippen molar-refractivity contribution >= 4 is 23.4 Å². The molecule has 1 fully saturated rings. The zero-order chi connectivity index (χ0) is 19.7. The first-order chi connectivity index (χ1) is 13.5. The maximum absolute atomic E-state index is 14.6. The van der Waals surface area contributed by atoms with Crippen LogP contribution in [-0.2, 0) is 16.9 Å². The van der Waals surface area contributed by atoms with E-state index in [1.165, 1.54) is 23.9 Å². The van der Waals surface area contributed by atoms with E-state index in [9.17, 15) is 8.78 Å². The van der Waals surface area contributed by atoms with Crippen molar-refractivity contribution in [2.24, 2.45) is 0 Å². The number of hydrogen-bond donors (Lipinski definition) is 0. The number of hydrogen-bond acceptors (Lipinski definition) is 4. The number of aromatic nitrogens is 3. The molecule has 0 unspecified atom stereocenters. The summed E-state index contributed by atoms with van der Waals surface area (Å²) in [6.07, 6.45) is 2.85. The number of ether oxygens (including phenoxy) is 1. The molecule has 3 aromatic rings. The van der Waals surface area contributed by atoms with Crippen molar-refractivity contribution in [1.29, 1.82) is 0 Å². The molecule has 0 amide bonds. The van der Waals surface area contributed by atoms with E-state index in [-0.39, 0.29) is 12.1 Å². The van der Waals surface area contributed by atoms with Crippen LogP contribution in [0.25, 0.3) is 0 Å². The van der Waals surface area contributed by atoms with Gasteiger partial charge in [-0.15, -0.1) is 11.7 Å². The highest BCUT2D eigenvalue weighted by molar-refractivity contribution is 7.99. The van der Waals surface area contributed by atoms with Crippen LogP contribution < -0.4 is 0 Å². The summed E-state index contributed by atoms with van der Waals surface area (Å²) >= 11 is 7.76. The monoisotopic (exact) mass is 419 g/mol. The molecule has 2 atom stereocenters. The van der Waals surface area contributed by atoms with Gasteiger partial charge in [0.05, 0.1) is 6.54 Å². The SMILES string of the molecule is C=CCSc1ncn(C[C@@]2(c3ccc(F)cc3F)O[C@H]2c2ccccc2Cl)n1. The summed E-state index contributed by atoms with van der Waals surface area (Å²) in [6, 6.07) is 10.7. The van der Waals surface area contributed by atoms with E-state index >= 15 is 0 Å². The summed E-state index contributed by atoms with van der Waals surface area (Å²) in [5.41, 5.74) is -0.0412. The molecule has 0 spiro atoms. The number of thioether (sulfide) groups is 1. The molecule has 0 aliphatic carbocycles. The third-order valence-corrected chi connectivity index (χ3v) is 5.70. The number of benzene rings is 2. The minimum Gasteiger partial charge on any atom is -0.354 e. The fraction of sp³-hybridized carbons (Fsp3) is 0.200. The van der Waals surface area contributed by atoms with Gasteiger partial charge in [-0.05, 0) is 12.1 Å². The molecule has 0 radical (unpaired) electrons. The van der Waals surface area contributed by atoms with E-state index < -0.39 is 23.3 Å². The molecule has 144 valence electrons. The molecule has 1 aliphatic heterocycles. The Morgan fingerprint density at radius 1 is 1.29 bits per heavy atom. The standard InChI is InChI=1S/C20H16ClF2N3OS/c1-2-9-28-19-24-12-26(25-19)11-20(15-8-7-13(22)10-17(15)23)18(27-20)14-5-3-4-6-16(14)21/h2-8,10,12,18H,1,9,11H2/t18-,20-/m0/s1. The van der Waals surface area contributed by atoms with Gasteiger partial charge in [-0.1, -0.05) is 53.7 Å². The molecule has 1 aliphatic rings. The number of nitrogens with zero attached hydrogens (tertiary/aromatic N) is 3. The zero-order valence-corrected chi connectivity index (χ0v) is 16.3. The lowest BCUT2D eigenvalue weighted by atomic mass is 9.91. The summed E-state index contributed by atoms with van der Waals surface area (Å²) in [7, 11) is 0. The Bertz CT molecular complexity index is 1030. The van der Waals surface area contributed by atoms with Crippen LogP contribution in [0.3, 0.4) is 0 Å². The van der Waals surface area contributed by atoms with Crippen molar-refractivity contribution in [2.75, 3.05) is 5.75 Å². The highest BCUT2D eigenvalue weighted by Gasteiger charge is 2.60. The minimum absolute atomic E-state index is 0.215. The maximum atomic E-state index is 14.6. The van der Waals surface area contributed by atoms with E-state index in [4.69, 9.17) is 16.3 Å². The van der Waals surface area contributed by atoms with Gasteiger partial charge >= 0.3 is 0 Å². The molecule has 0 N–H and O–H groups in total. The highest BCUT2D eigenvalue weighted by atomic mass is 35.5. The van der Waals surface area contributed by atoms with Crippen molar-refractivity contribution in [1.82, 2.24) is 14.8 Å². The lowest BCUT2D eigenvalue weighted by Crippen LogP contribution is -2.21. The van der Waals surface area contributed by atoms with Crippen molar-refractivity contribution in [3.63, 3.8) is 0 Å². The normalized spacial score (nSPS) is 20.9. The molecule has 4 rings (SSSR count). The first-order valence-electron chi connectivity index (χ1n) is 8.54. The lowest BCUT2D eigenvalue weighted by Gasteiger charge is -2.15. The summed E-state index contributed by atoms with van der Waals surface area (Å²) in [5.74, 6) is -0.633. The Hall–Kier alpha value is -2.22. The third-order valence-electron chi connectivity index (χ3n) is 4.51. The highest BCUT2D eigenvalue weighted by Crippen LogP contribution is 2.59. The Kier molecular flexibility index (Phi) is 5.23. The zero-order valence-electron chi connectivity index (χ0n) is 14.7. The van der Waals surface area contributed by atoms with Crippen molar-refractivity contribution in [3.8, 4) is 0 Å². The van der Waals surface area contributed by atoms with Crippen LogP contribution in [-0.4, -0.2) is 20.5 Å². The minimum atomic E-state index is -1.04. The molecular weight excluding hydrogens is 404 g/mol. The number of epoxide rings is 1. The largest absolute Gasteiger partial charge is 0.354 e. The molecule has 1 aromatic heterocycles. The summed E-state index contributed by atoms with van der Waals surface area (Å²) < 4.78 is 35.7. The van der Waals surface area contributed by atoms with Crippen molar-refractivity contribution < 1.29 is 13.5 Å². The van der Waals surface area contributed by atoms with Crippen LogP contribution in [0, 0.1) is 11.6 Å². The molecule has 0 saturated carbocycles. The van der Waals surface area contributed by atoms with Crippen LogP contribution in [0.2, 0.25) is 5.02 Å². The average Bonchev–Trinajstić information content (AvgIpc) is 3.19. The van der Waals surface area contributed by atoms with Gasteiger partial charge in [0.2, 0.25) is 5.16 Å². The average molecular weight is 420 g/mol. The first kappa shape index (κ1) is 19.1. The predicted molar refractivity (Wildman–Crippen MR) is 104 cm³/mol. The van der Waals surface area contributed by atoms with Crippen molar-refractivity contribution in [2.45, 2.75) is 23.4 Å². The Morgan fingerprint density at radius 2 is 2.11 bits per heavy atom. The van der Waals surface area contributed by atoms with Gasteiger partial charge in [0.1, 0.15) is 29.7 Å². The van der Waals surface area contributed by atoms with Gasteiger partial charge in [-0.2, -0.15) is 0 Å². The first-order valence-corrected chi connectivity index (χ1v) is 9.91. The molecular formula is C20H16ClF2N3OS. The molecule has 28 heavy (non-hydrogen) atoms. The molecule has 0 bridgehead atoms. The Labute approximate surface area is 170 Å². The predicted octanol–water partition coefficient (Wildman–Crippen LogP) is 5.15. The second-order valence-electron chi connectivity index (χ2n) is 6.36. The number of halogens is 3. The van der Waals surface area contributed by atoms with Gasteiger partial charge in [0, 0.05) is 28.0 Å². The van der Waals surface area contributed by atoms with Crippen LogP contribution >= 0.6 is 23.4 Å². The van der Waals surface area contributed by atoms with Gasteiger partial charge in [0.25, 0.3) is 0 Å². The second-order valence-corrected chi connectivity index (χ2v) is 7.75. The van der Waals surface area contributed by atoms with Gasteiger partial charge in [-0.3, -0.25) is 0 Å². The molecule has 2 aromatic carbocycles. The van der Waals surface area contributed by atoms with Crippen molar-refractivity contribution in [3.05, 3.63) is 89.2 Å². The summed E-state index contributed by atoms with van der Waals surface area (Å²) in [5, 5.41) is 5.52. The van der Waals surface area contributed by atoms with E-state index in [0.29, 0.717) is 15.9 Å². The van der Waals surface area contributed by atoms with Gasteiger partial charge < -0.3 is 4.74 Å². The van der Waals surface area contributed by atoms with E-state index in [2.05, 4.69) is 16.7 Å². The Morgan fingerprint density at radius 3 is 2.86 bits per heavy atom. The van der Waals surface area contributed by atoms with Crippen LogP contribution in [0.5, 0.6) is 0 Å². The van der Waals surface area contributed by atoms with Crippen LogP contribution in [0.1, 0.15) is 17.2 Å². The summed E-state index contributed by atoms with van der Waals surface area (Å²) in [4.78, 5) is 4.24. The maximum Gasteiger partial charge on any atom is 0.208 e. The molecule has 1 saturated heterocycles. The topological polar surface area (TPSA) is 43.2 Å². The smallest absolute Gasteiger partial charge is 0.208 e. The fourth-order valence-electron chi connectivity index (χ4n) is 3.22. The fourth-order valence-corrected chi connectivity index (χ4v) is 4.00. The van der Waals surface area contributed by atoms with Gasteiger partial charge in [0.15, 0.2) is 0 Å². The van der Waals surface area contributed by atoms with Crippen LogP contribution in [0.4, 0.5) is 8.78 Å². The molecule has 4 nitrogen and oxygen atoms in total. The third kappa shape index (κ3) is 3.57. The van der Waals surface area contributed by atoms with E-state index in [1.54, 1.807) is 23.2 Å². The van der Waals surface area contributed by atoms with E-state index in [0.717, 1.165) is 11.6 Å². The van der Waals surface area contributed by atoms with Crippen LogP contribution in [0.15, 0.2) is 66.6 Å². The number of rotatable bonds is 7.